The molecule has 0 aliphatic heterocycles. The maximum Gasteiger partial charge on any atom is 0.0781 e. The van der Waals surface area contributed by atoms with Crippen molar-refractivity contribution >= 4 is 5.69 Å². The van der Waals surface area contributed by atoms with E-state index in [0.717, 1.165) is 13.1 Å². The van der Waals surface area contributed by atoms with E-state index in [1.54, 1.807) is 0 Å². The van der Waals surface area contributed by atoms with Crippen LogP contribution in [-0.2, 0) is 9.47 Å². The van der Waals surface area contributed by atoms with Crippen LogP contribution in [0.5, 0.6) is 0 Å². The van der Waals surface area contributed by atoms with Crippen molar-refractivity contribution in [3.05, 3.63) is 29.8 Å². The van der Waals surface area contributed by atoms with Gasteiger partial charge in [-0.25, -0.2) is 0 Å². The molecule has 1 aromatic rings. The molecule has 0 aliphatic rings. The number of hydrogen-bond acceptors (Lipinski definition) is 4. The summed E-state index contributed by atoms with van der Waals surface area (Å²) in [6, 6.07) is 8.51. The van der Waals surface area contributed by atoms with E-state index in [1.165, 1.54) is 11.3 Å². The summed E-state index contributed by atoms with van der Waals surface area (Å²) >= 11 is 0. The number of ether oxygens (including phenoxy) is 2. The summed E-state index contributed by atoms with van der Waals surface area (Å²) in [4.78, 5) is 2.30. The van der Waals surface area contributed by atoms with Crippen LogP contribution in [0, 0.1) is 6.92 Å². The molecule has 0 saturated carbocycles. The van der Waals surface area contributed by atoms with Crippen molar-refractivity contribution in [2.24, 2.45) is 0 Å². The van der Waals surface area contributed by atoms with Crippen LogP contribution in [0.3, 0.4) is 0 Å². The average molecular weight is 281 g/mol. The molecule has 1 N–H and O–H groups in total. The van der Waals surface area contributed by atoms with Crippen LogP contribution in [0.15, 0.2) is 24.3 Å². The van der Waals surface area contributed by atoms with Gasteiger partial charge in [-0.15, -0.1) is 0 Å². The van der Waals surface area contributed by atoms with Crippen molar-refractivity contribution in [3.8, 4) is 0 Å². The van der Waals surface area contributed by atoms with Crippen LogP contribution in [0.4, 0.5) is 5.69 Å². The van der Waals surface area contributed by atoms with Gasteiger partial charge in [0.25, 0.3) is 0 Å². The molecule has 4 heteroatoms. The molecule has 0 radical (unpaired) electrons. The van der Waals surface area contributed by atoms with E-state index in [2.05, 4.69) is 43.0 Å². The molecular weight excluding hydrogens is 254 g/mol. The van der Waals surface area contributed by atoms with Crippen LogP contribution >= 0.6 is 0 Å². The Labute approximate surface area is 122 Å². The van der Waals surface area contributed by atoms with Gasteiger partial charge in [0.1, 0.15) is 0 Å². The summed E-state index contributed by atoms with van der Waals surface area (Å²) < 4.78 is 11.0. The van der Waals surface area contributed by atoms with Gasteiger partial charge in [-0.05, 0) is 38.5 Å². The highest BCUT2D eigenvalue weighted by Gasteiger charge is 2.06. The van der Waals surface area contributed by atoms with Gasteiger partial charge in [0.15, 0.2) is 0 Å². The Kier molecular flexibility index (Phi) is 8.26. The minimum Gasteiger partial charge on any atom is -0.394 e. The Hall–Kier alpha value is -1.10. The molecule has 0 saturated heterocycles. The molecule has 114 valence electrons. The van der Waals surface area contributed by atoms with Gasteiger partial charge in [-0.3, -0.25) is 0 Å². The number of aryl methyl sites for hydroxylation is 1. The van der Waals surface area contributed by atoms with Crippen molar-refractivity contribution in [2.45, 2.75) is 26.9 Å². The van der Waals surface area contributed by atoms with Crippen molar-refractivity contribution in [3.63, 3.8) is 0 Å². The second-order valence-electron chi connectivity index (χ2n) is 4.90. The van der Waals surface area contributed by atoms with E-state index in [-0.39, 0.29) is 12.7 Å². The smallest absolute Gasteiger partial charge is 0.0781 e. The first kappa shape index (κ1) is 17.0. The van der Waals surface area contributed by atoms with Gasteiger partial charge in [0, 0.05) is 18.8 Å². The number of likely N-dealkylation sites (N-methyl/N-ethyl adjacent to an activating group) is 1. The zero-order valence-corrected chi connectivity index (χ0v) is 12.8. The highest BCUT2D eigenvalue weighted by molar-refractivity contribution is 5.48. The number of aliphatic hydroxyl groups excluding tert-OH is 1. The summed E-state index contributed by atoms with van der Waals surface area (Å²) in [6.45, 7) is 9.70. The molecule has 1 aromatic carbocycles. The zero-order valence-electron chi connectivity index (χ0n) is 12.8. The molecular formula is C16H27NO3. The van der Waals surface area contributed by atoms with Crippen LogP contribution in [-0.4, -0.2) is 50.7 Å². The van der Waals surface area contributed by atoms with E-state index < -0.39 is 0 Å². The molecule has 1 rings (SSSR count). The summed E-state index contributed by atoms with van der Waals surface area (Å²) in [5.74, 6) is 0. The number of hydrogen-bond donors (Lipinski definition) is 1. The Morgan fingerprint density at radius 3 is 2.75 bits per heavy atom. The molecule has 0 spiro atoms. The fourth-order valence-electron chi connectivity index (χ4n) is 2.02. The first-order valence-electron chi connectivity index (χ1n) is 7.29. The first-order chi connectivity index (χ1) is 9.67. The maximum atomic E-state index is 8.64. The molecule has 0 bridgehead atoms. The largest absolute Gasteiger partial charge is 0.394 e. The number of rotatable bonds is 10. The number of anilines is 1. The third kappa shape index (κ3) is 6.37. The van der Waals surface area contributed by atoms with Crippen molar-refractivity contribution in [1.82, 2.24) is 0 Å². The molecule has 0 aliphatic carbocycles. The fraction of sp³-hybridized carbons (Fsp3) is 0.625. The van der Waals surface area contributed by atoms with Gasteiger partial charge in [0.05, 0.1) is 32.5 Å². The van der Waals surface area contributed by atoms with Crippen molar-refractivity contribution < 1.29 is 14.6 Å². The number of aliphatic hydroxyl groups is 1. The second kappa shape index (κ2) is 9.75. The standard InChI is InChI=1S/C16H27NO3/c1-4-17(16-7-5-6-14(2)12-16)8-10-20-15(3)13-19-11-9-18/h5-7,12,15,18H,4,8-11,13H2,1-3H3. The Morgan fingerprint density at radius 2 is 2.10 bits per heavy atom. The van der Waals surface area contributed by atoms with Gasteiger partial charge < -0.3 is 19.5 Å². The van der Waals surface area contributed by atoms with Gasteiger partial charge in [0.2, 0.25) is 0 Å². The van der Waals surface area contributed by atoms with E-state index in [0.29, 0.717) is 19.8 Å². The minimum atomic E-state index is 0.0535. The molecule has 20 heavy (non-hydrogen) atoms. The molecule has 4 nitrogen and oxygen atoms in total. The summed E-state index contributed by atoms with van der Waals surface area (Å²) in [5, 5.41) is 8.64. The van der Waals surface area contributed by atoms with Crippen molar-refractivity contribution in [2.75, 3.05) is 44.4 Å². The van der Waals surface area contributed by atoms with E-state index >= 15 is 0 Å². The Morgan fingerprint density at radius 1 is 1.30 bits per heavy atom. The van der Waals surface area contributed by atoms with E-state index in [9.17, 15) is 0 Å². The first-order valence-corrected chi connectivity index (χ1v) is 7.29. The topological polar surface area (TPSA) is 41.9 Å². The Bertz CT molecular complexity index is 370. The predicted octanol–water partition coefficient (Wildman–Crippen LogP) is 2.24. The monoisotopic (exact) mass is 281 g/mol. The average Bonchev–Trinajstić information content (AvgIpc) is 2.44. The molecule has 1 atom stereocenters. The third-order valence-corrected chi connectivity index (χ3v) is 3.10. The van der Waals surface area contributed by atoms with E-state index in [4.69, 9.17) is 14.6 Å². The molecule has 0 aromatic heterocycles. The number of benzene rings is 1. The summed E-state index contributed by atoms with van der Waals surface area (Å²) in [6.07, 6.45) is 0.0535. The highest BCUT2D eigenvalue weighted by atomic mass is 16.5. The Balaban J connectivity index is 2.31. The van der Waals surface area contributed by atoms with Gasteiger partial charge in [-0.1, -0.05) is 12.1 Å². The lowest BCUT2D eigenvalue weighted by Crippen LogP contribution is -2.29. The minimum absolute atomic E-state index is 0.0535. The molecule has 0 heterocycles. The maximum absolute atomic E-state index is 8.64. The second-order valence-corrected chi connectivity index (χ2v) is 4.90. The van der Waals surface area contributed by atoms with Crippen LogP contribution in [0.2, 0.25) is 0 Å². The van der Waals surface area contributed by atoms with Crippen molar-refractivity contribution in [1.29, 1.82) is 0 Å². The predicted molar refractivity (Wildman–Crippen MR) is 82.4 cm³/mol. The third-order valence-electron chi connectivity index (χ3n) is 3.10. The summed E-state index contributed by atoms with van der Waals surface area (Å²) in [5.41, 5.74) is 2.51. The lowest BCUT2D eigenvalue weighted by Gasteiger charge is -2.24. The van der Waals surface area contributed by atoms with E-state index in [1.807, 2.05) is 6.92 Å². The van der Waals surface area contributed by atoms with Crippen LogP contribution in [0.1, 0.15) is 19.4 Å². The molecule has 0 amide bonds. The lowest BCUT2D eigenvalue weighted by molar-refractivity contribution is -0.0121. The van der Waals surface area contributed by atoms with Crippen LogP contribution in [0.25, 0.3) is 0 Å². The summed E-state index contributed by atoms with van der Waals surface area (Å²) in [7, 11) is 0. The van der Waals surface area contributed by atoms with Gasteiger partial charge in [-0.2, -0.15) is 0 Å². The SMILES string of the molecule is CCN(CCOC(C)COCCO)c1cccc(C)c1. The van der Waals surface area contributed by atoms with Gasteiger partial charge >= 0.3 is 0 Å². The number of nitrogens with zero attached hydrogens (tertiary/aromatic N) is 1. The lowest BCUT2D eigenvalue weighted by atomic mass is 10.2. The van der Waals surface area contributed by atoms with Crippen LogP contribution < -0.4 is 4.90 Å². The fourth-order valence-corrected chi connectivity index (χ4v) is 2.02. The molecule has 1 unspecified atom stereocenters. The highest BCUT2D eigenvalue weighted by Crippen LogP contribution is 2.15. The quantitative estimate of drug-likeness (QED) is 0.668. The normalized spacial score (nSPS) is 12.4. The zero-order chi connectivity index (χ0) is 14.8. The molecule has 0 fully saturated rings.